The van der Waals surface area contributed by atoms with Crippen LogP contribution in [0.15, 0.2) is 37.0 Å². The molecule has 0 aromatic rings. The quantitative estimate of drug-likeness (QED) is 0.433. The molecule has 0 bridgehead atoms. The van der Waals surface area contributed by atoms with Gasteiger partial charge in [-0.2, -0.15) is 0 Å². The summed E-state index contributed by atoms with van der Waals surface area (Å²) in [6, 6.07) is 0. The minimum absolute atomic E-state index is 0.120. The van der Waals surface area contributed by atoms with Crippen molar-refractivity contribution in [2.45, 2.75) is 0 Å². The second-order valence-corrected chi connectivity index (χ2v) is 2.11. The normalized spacial score (nSPS) is 10.2. The summed E-state index contributed by atoms with van der Waals surface area (Å²) in [7, 11) is 0.120. The van der Waals surface area contributed by atoms with Gasteiger partial charge in [-0.25, -0.2) is 0 Å². The highest BCUT2D eigenvalue weighted by Gasteiger charge is 1.83. The summed E-state index contributed by atoms with van der Waals surface area (Å²) < 4.78 is 9.96. The minimum Gasteiger partial charge on any atom is -0.275 e. The van der Waals surface area contributed by atoms with Gasteiger partial charge in [0.1, 0.15) is 0 Å². The number of hydrogen-bond acceptors (Lipinski definition) is 1. The van der Waals surface area contributed by atoms with E-state index in [2.05, 4.69) is 13.2 Å². The lowest BCUT2D eigenvalue weighted by Crippen LogP contribution is -1.72. The molecule has 0 aliphatic carbocycles. The molecule has 0 aliphatic rings. The third-order valence-corrected chi connectivity index (χ3v) is 1.27. The molecular formula is C7H9OP. The molecule has 0 spiro atoms. The van der Waals surface area contributed by atoms with Gasteiger partial charge in [0.2, 0.25) is 0 Å². The van der Waals surface area contributed by atoms with Gasteiger partial charge in [-0.15, -0.1) is 0 Å². The van der Waals surface area contributed by atoms with E-state index < -0.39 is 0 Å². The molecule has 0 radical (unpaired) electrons. The second-order valence-electron chi connectivity index (χ2n) is 1.54. The zero-order valence-corrected chi connectivity index (χ0v) is 6.10. The van der Waals surface area contributed by atoms with Crippen LogP contribution in [-0.4, -0.2) is 6.16 Å². The van der Waals surface area contributed by atoms with Crippen molar-refractivity contribution in [2.24, 2.45) is 0 Å². The largest absolute Gasteiger partial charge is 0.275 e. The van der Waals surface area contributed by atoms with Crippen molar-refractivity contribution in [2.75, 3.05) is 6.16 Å². The number of allylic oxidation sites excluding steroid dienone is 4. The molecule has 0 amide bonds. The molecule has 0 fully saturated rings. The van der Waals surface area contributed by atoms with Crippen molar-refractivity contribution < 1.29 is 4.57 Å². The monoisotopic (exact) mass is 140 g/mol. The molecule has 0 unspecified atom stereocenters. The Morgan fingerprint density at radius 3 is 2.78 bits per heavy atom. The van der Waals surface area contributed by atoms with Crippen LogP contribution in [0.1, 0.15) is 0 Å². The van der Waals surface area contributed by atoms with Crippen LogP contribution < -0.4 is 0 Å². The third-order valence-electron chi connectivity index (χ3n) is 0.736. The van der Waals surface area contributed by atoms with Crippen LogP contribution in [0.3, 0.4) is 0 Å². The Hall–Kier alpha value is -0.680. The third kappa shape index (κ3) is 5.19. The Bertz CT molecular complexity index is 147. The van der Waals surface area contributed by atoms with Crippen molar-refractivity contribution in [3.05, 3.63) is 37.0 Å². The van der Waals surface area contributed by atoms with Crippen LogP contribution in [0.2, 0.25) is 0 Å². The molecule has 0 aromatic heterocycles. The fourth-order valence-corrected chi connectivity index (χ4v) is 0.611. The van der Waals surface area contributed by atoms with E-state index >= 15 is 0 Å². The van der Waals surface area contributed by atoms with E-state index in [0.717, 1.165) is 5.57 Å². The molecule has 48 valence electrons. The molecule has 0 heterocycles. The van der Waals surface area contributed by atoms with Crippen LogP contribution in [0, 0.1) is 0 Å². The molecule has 0 aliphatic heterocycles. The van der Waals surface area contributed by atoms with Crippen LogP contribution >= 0.6 is 8.46 Å². The van der Waals surface area contributed by atoms with Crippen LogP contribution in [0.4, 0.5) is 0 Å². The van der Waals surface area contributed by atoms with Crippen molar-refractivity contribution in [3.63, 3.8) is 0 Å². The molecule has 0 rings (SSSR count). The lowest BCUT2D eigenvalue weighted by Gasteiger charge is -1.84. The highest BCUT2D eigenvalue weighted by atomic mass is 31.1. The summed E-state index contributed by atoms with van der Waals surface area (Å²) in [4.78, 5) is 0. The first kappa shape index (κ1) is 8.32. The van der Waals surface area contributed by atoms with Crippen molar-refractivity contribution in [1.82, 2.24) is 0 Å². The number of rotatable bonds is 4. The summed E-state index contributed by atoms with van der Waals surface area (Å²) in [6.45, 7) is 7.12. The Morgan fingerprint density at radius 1 is 1.67 bits per heavy atom. The molecule has 0 aromatic carbocycles. The highest BCUT2D eigenvalue weighted by molar-refractivity contribution is 7.24. The molecule has 0 saturated carbocycles. The SMILES string of the molecule is C=C/C=C\C(=C)CP=O. The summed E-state index contributed by atoms with van der Waals surface area (Å²) in [5, 5.41) is 0. The van der Waals surface area contributed by atoms with Gasteiger partial charge in [0.05, 0.1) is 6.16 Å². The Labute approximate surface area is 57.0 Å². The first-order valence-electron chi connectivity index (χ1n) is 2.57. The van der Waals surface area contributed by atoms with Gasteiger partial charge in [-0.1, -0.05) is 31.4 Å². The van der Waals surface area contributed by atoms with E-state index in [4.69, 9.17) is 0 Å². The zero-order valence-electron chi connectivity index (χ0n) is 5.21. The summed E-state index contributed by atoms with van der Waals surface area (Å²) >= 11 is 0. The first-order chi connectivity index (χ1) is 4.31. The van der Waals surface area contributed by atoms with Gasteiger partial charge in [0, 0.05) is 0 Å². The van der Waals surface area contributed by atoms with E-state index in [9.17, 15) is 4.57 Å². The smallest absolute Gasteiger partial charge is 0.160 e. The zero-order chi connectivity index (χ0) is 7.11. The maximum atomic E-state index is 9.96. The Kier molecular flexibility index (Phi) is 5.04. The van der Waals surface area contributed by atoms with Crippen LogP contribution in [0.25, 0.3) is 0 Å². The van der Waals surface area contributed by atoms with Crippen molar-refractivity contribution >= 4 is 8.46 Å². The fraction of sp³-hybridized carbons (Fsp3) is 0.143. The molecule has 1 nitrogen and oxygen atoms in total. The van der Waals surface area contributed by atoms with E-state index in [1.54, 1.807) is 18.2 Å². The highest BCUT2D eigenvalue weighted by Crippen LogP contribution is 2.01. The van der Waals surface area contributed by atoms with Gasteiger partial charge in [0.25, 0.3) is 0 Å². The fourth-order valence-electron chi connectivity index (χ4n) is 0.340. The maximum Gasteiger partial charge on any atom is 0.160 e. The Balaban J connectivity index is 3.61. The summed E-state index contributed by atoms with van der Waals surface area (Å²) in [5.41, 5.74) is 0.853. The molecule has 9 heavy (non-hydrogen) atoms. The predicted octanol–water partition coefficient (Wildman–Crippen LogP) is 2.58. The first-order valence-corrected chi connectivity index (χ1v) is 3.57. The van der Waals surface area contributed by atoms with Gasteiger partial charge < -0.3 is 0 Å². The van der Waals surface area contributed by atoms with Gasteiger partial charge >= 0.3 is 0 Å². The standard InChI is InChI=1S/C7H9OP/c1-3-4-5-7(2)6-9-8/h3-5H,1-2,6H2/b5-4-. The van der Waals surface area contributed by atoms with Gasteiger partial charge in [0.15, 0.2) is 8.46 Å². The molecule has 0 atom stereocenters. The topological polar surface area (TPSA) is 17.1 Å². The van der Waals surface area contributed by atoms with E-state index in [0.29, 0.717) is 6.16 Å². The van der Waals surface area contributed by atoms with Crippen LogP contribution in [0.5, 0.6) is 0 Å². The molecule has 0 N–H and O–H groups in total. The van der Waals surface area contributed by atoms with Crippen LogP contribution in [-0.2, 0) is 4.57 Å². The molecule has 0 saturated heterocycles. The lowest BCUT2D eigenvalue weighted by atomic mass is 10.3. The van der Waals surface area contributed by atoms with E-state index in [1.807, 2.05) is 0 Å². The van der Waals surface area contributed by atoms with Gasteiger partial charge in [-0.05, 0) is 5.57 Å². The van der Waals surface area contributed by atoms with E-state index in [1.165, 1.54) is 0 Å². The minimum atomic E-state index is 0.120. The van der Waals surface area contributed by atoms with Gasteiger partial charge in [-0.3, -0.25) is 4.57 Å². The second kappa shape index (κ2) is 5.46. The predicted molar refractivity (Wildman–Crippen MR) is 41.0 cm³/mol. The average molecular weight is 140 g/mol. The number of hydrogen-bond donors (Lipinski definition) is 0. The molecular weight excluding hydrogens is 131 g/mol. The maximum absolute atomic E-state index is 9.96. The van der Waals surface area contributed by atoms with Crippen molar-refractivity contribution in [1.29, 1.82) is 0 Å². The Morgan fingerprint density at radius 2 is 2.33 bits per heavy atom. The summed E-state index contributed by atoms with van der Waals surface area (Å²) in [6.07, 6.45) is 5.72. The van der Waals surface area contributed by atoms with E-state index in [-0.39, 0.29) is 8.46 Å². The lowest BCUT2D eigenvalue weighted by molar-refractivity contribution is 0.600. The average Bonchev–Trinajstić information content (AvgIpc) is 1.85. The molecule has 2 heteroatoms. The van der Waals surface area contributed by atoms with Crippen molar-refractivity contribution in [3.8, 4) is 0 Å². The summed E-state index contributed by atoms with van der Waals surface area (Å²) in [5.74, 6) is 0.